The van der Waals surface area contributed by atoms with Gasteiger partial charge in [0.15, 0.2) is 0 Å². The van der Waals surface area contributed by atoms with Crippen molar-refractivity contribution in [2.75, 3.05) is 43.4 Å². The second-order valence-corrected chi connectivity index (χ2v) is 6.37. The first-order chi connectivity index (χ1) is 11.5. The highest BCUT2D eigenvalue weighted by molar-refractivity contribution is 5.93. The largest absolute Gasteiger partial charge is 0.326 e. The Morgan fingerprint density at radius 1 is 1.12 bits per heavy atom. The molecule has 6 heteroatoms. The highest BCUT2D eigenvalue weighted by atomic mass is 16.2. The van der Waals surface area contributed by atoms with Gasteiger partial charge in [0.25, 0.3) is 0 Å². The van der Waals surface area contributed by atoms with Crippen molar-refractivity contribution in [2.24, 2.45) is 0 Å². The Morgan fingerprint density at radius 2 is 1.75 bits per heavy atom. The van der Waals surface area contributed by atoms with Crippen molar-refractivity contribution < 1.29 is 9.59 Å². The predicted octanol–water partition coefficient (Wildman–Crippen LogP) is 2.00. The SMILES string of the molecule is CCN1CCCN(CC(=O)Nc2ccc(NC(C)=O)cc2)C(C)C1. The second kappa shape index (κ2) is 8.80. The zero-order valence-corrected chi connectivity index (χ0v) is 14.8. The fourth-order valence-corrected chi connectivity index (χ4v) is 3.05. The maximum Gasteiger partial charge on any atom is 0.238 e. The number of nitrogens with zero attached hydrogens (tertiary/aromatic N) is 2. The van der Waals surface area contributed by atoms with Crippen LogP contribution in [-0.4, -0.2) is 60.4 Å². The van der Waals surface area contributed by atoms with Gasteiger partial charge < -0.3 is 15.5 Å². The first-order valence-electron chi connectivity index (χ1n) is 8.62. The summed E-state index contributed by atoms with van der Waals surface area (Å²) in [4.78, 5) is 28.0. The highest BCUT2D eigenvalue weighted by Gasteiger charge is 2.22. The van der Waals surface area contributed by atoms with Crippen LogP contribution in [0.2, 0.25) is 0 Å². The third-order valence-electron chi connectivity index (χ3n) is 4.35. The number of nitrogens with one attached hydrogen (secondary N) is 2. The molecule has 0 bridgehead atoms. The van der Waals surface area contributed by atoms with Crippen LogP contribution in [0.5, 0.6) is 0 Å². The van der Waals surface area contributed by atoms with Crippen LogP contribution >= 0.6 is 0 Å². The first kappa shape index (κ1) is 18.4. The molecular weight excluding hydrogens is 304 g/mol. The minimum atomic E-state index is -0.108. The van der Waals surface area contributed by atoms with Gasteiger partial charge in [-0.1, -0.05) is 6.92 Å². The minimum absolute atomic E-state index is 0.000856. The van der Waals surface area contributed by atoms with E-state index in [1.807, 2.05) is 0 Å². The van der Waals surface area contributed by atoms with Gasteiger partial charge in [0, 0.05) is 37.4 Å². The number of likely N-dealkylation sites (N-methyl/N-ethyl adjacent to an activating group) is 1. The molecule has 132 valence electrons. The highest BCUT2D eigenvalue weighted by Crippen LogP contribution is 2.14. The van der Waals surface area contributed by atoms with Crippen molar-refractivity contribution in [3.05, 3.63) is 24.3 Å². The summed E-state index contributed by atoms with van der Waals surface area (Å²) in [5.74, 6) is -0.109. The van der Waals surface area contributed by atoms with Crippen LogP contribution in [0.1, 0.15) is 27.2 Å². The lowest BCUT2D eigenvalue weighted by Gasteiger charge is -2.27. The van der Waals surface area contributed by atoms with Crippen LogP contribution in [-0.2, 0) is 9.59 Å². The Morgan fingerprint density at radius 3 is 2.33 bits per heavy atom. The van der Waals surface area contributed by atoms with Crippen LogP contribution in [0, 0.1) is 0 Å². The van der Waals surface area contributed by atoms with Crippen LogP contribution in [0.4, 0.5) is 11.4 Å². The van der Waals surface area contributed by atoms with E-state index in [0.717, 1.165) is 44.0 Å². The smallest absolute Gasteiger partial charge is 0.238 e. The van der Waals surface area contributed by atoms with E-state index in [0.29, 0.717) is 12.6 Å². The van der Waals surface area contributed by atoms with Gasteiger partial charge in [0.2, 0.25) is 11.8 Å². The number of rotatable bonds is 5. The van der Waals surface area contributed by atoms with E-state index in [1.54, 1.807) is 24.3 Å². The van der Waals surface area contributed by atoms with Gasteiger partial charge in [0.05, 0.1) is 6.54 Å². The van der Waals surface area contributed by atoms with Crippen molar-refractivity contribution in [3.63, 3.8) is 0 Å². The van der Waals surface area contributed by atoms with E-state index in [2.05, 4.69) is 34.3 Å². The van der Waals surface area contributed by atoms with Crippen LogP contribution in [0.25, 0.3) is 0 Å². The number of carbonyl (C=O) groups is 2. The average Bonchev–Trinajstić information content (AvgIpc) is 2.70. The Balaban J connectivity index is 1.87. The summed E-state index contributed by atoms with van der Waals surface area (Å²) < 4.78 is 0. The molecule has 1 atom stereocenters. The van der Waals surface area contributed by atoms with Crippen molar-refractivity contribution in [1.29, 1.82) is 0 Å². The van der Waals surface area contributed by atoms with Crippen LogP contribution < -0.4 is 10.6 Å². The lowest BCUT2D eigenvalue weighted by atomic mass is 10.2. The molecule has 1 aliphatic heterocycles. The van der Waals surface area contributed by atoms with Crippen molar-refractivity contribution in [3.8, 4) is 0 Å². The molecule has 0 saturated carbocycles. The van der Waals surface area contributed by atoms with Crippen molar-refractivity contribution in [1.82, 2.24) is 9.80 Å². The fraction of sp³-hybridized carbons (Fsp3) is 0.556. The summed E-state index contributed by atoms with van der Waals surface area (Å²) >= 11 is 0. The van der Waals surface area contributed by atoms with E-state index >= 15 is 0 Å². The molecular formula is C18H28N4O2. The van der Waals surface area contributed by atoms with Crippen molar-refractivity contribution >= 4 is 23.2 Å². The summed E-state index contributed by atoms with van der Waals surface area (Å²) in [5, 5.41) is 5.64. The number of hydrogen-bond donors (Lipinski definition) is 2. The zero-order valence-electron chi connectivity index (χ0n) is 14.8. The molecule has 6 nitrogen and oxygen atoms in total. The molecule has 0 spiro atoms. The molecule has 0 radical (unpaired) electrons. The van der Waals surface area contributed by atoms with Crippen LogP contribution in [0.15, 0.2) is 24.3 Å². The van der Waals surface area contributed by atoms with Gasteiger partial charge in [-0.15, -0.1) is 0 Å². The number of anilines is 2. The molecule has 1 aliphatic rings. The molecule has 1 fully saturated rings. The molecule has 1 aromatic rings. The van der Waals surface area contributed by atoms with Crippen molar-refractivity contribution in [2.45, 2.75) is 33.2 Å². The average molecular weight is 332 g/mol. The first-order valence-corrected chi connectivity index (χ1v) is 8.62. The molecule has 1 unspecified atom stereocenters. The minimum Gasteiger partial charge on any atom is -0.326 e. The molecule has 1 saturated heterocycles. The molecule has 0 aromatic heterocycles. The number of benzene rings is 1. The molecule has 1 heterocycles. The third-order valence-corrected chi connectivity index (χ3v) is 4.35. The summed E-state index contributed by atoms with van der Waals surface area (Å²) in [7, 11) is 0. The molecule has 2 N–H and O–H groups in total. The van der Waals surface area contributed by atoms with Gasteiger partial charge in [-0.2, -0.15) is 0 Å². The van der Waals surface area contributed by atoms with E-state index in [4.69, 9.17) is 0 Å². The fourth-order valence-electron chi connectivity index (χ4n) is 3.05. The van der Waals surface area contributed by atoms with Gasteiger partial charge in [-0.3, -0.25) is 14.5 Å². The molecule has 1 aromatic carbocycles. The Hall–Kier alpha value is -1.92. The Kier molecular flexibility index (Phi) is 6.75. The number of hydrogen-bond acceptors (Lipinski definition) is 4. The Bertz CT molecular complexity index is 559. The maximum atomic E-state index is 12.3. The van der Waals surface area contributed by atoms with Gasteiger partial charge >= 0.3 is 0 Å². The number of carbonyl (C=O) groups excluding carboxylic acids is 2. The molecule has 24 heavy (non-hydrogen) atoms. The third kappa shape index (κ3) is 5.62. The maximum absolute atomic E-state index is 12.3. The van der Waals surface area contributed by atoms with E-state index in [9.17, 15) is 9.59 Å². The molecule has 0 aliphatic carbocycles. The van der Waals surface area contributed by atoms with E-state index in [1.165, 1.54) is 6.92 Å². The summed E-state index contributed by atoms with van der Waals surface area (Å²) in [6.45, 7) is 10.4. The van der Waals surface area contributed by atoms with E-state index in [-0.39, 0.29) is 11.8 Å². The summed E-state index contributed by atoms with van der Waals surface area (Å²) in [5.41, 5.74) is 1.47. The number of amides is 2. The second-order valence-electron chi connectivity index (χ2n) is 6.37. The Labute approximate surface area is 144 Å². The normalized spacial score (nSPS) is 19.5. The van der Waals surface area contributed by atoms with Gasteiger partial charge in [0.1, 0.15) is 0 Å². The zero-order chi connectivity index (χ0) is 17.5. The van der Waals surface area contributed by atoms with Gasteiger partial charge in [-0.05, 0) is 50.7 Å². The summed E-state index contributed by atoms with van der Waals surface area (Å²) in [6.07, 6.45) is 1.09. The predicted molar refractivity (Wildman–Crippen MR) is 97.1 cm³/mol. The van der Waals surface area contributed by atoms with Gasteiger partial charge in [-0.25, -0.2) is 0 Å². The molecule has 2 rings (SSSR count). The topological polar surface area (TPSA) is 64.7 Å². The lowest BCUT2D eigenvalue weighted by molar-refractivity contribution is -0.118. The van der Waals surface area contributed by atoms with E-state index < -0.39 is 0 Å². The van der Waals surface area contributed by atoms with Crippen LogP contribution in [0.3, 0.4) is 0 Å². The monoisotopic (exact) mass is 332 g/mol. The molecule has 2 amide bonds. The lowest BCUT2D eigenvalue weighted by Crippen LogP contribution is -2.42. The summed E-state index contributed by atoms with van der Waals surface area (Å²) in [6, 6.07) is 7.54. The standard InChI is InChI=1S/C18H28N4O2/c1-4-21-10-5-11-22(14(2)12-21)13-18(24)20-17-8-6-16(7-9-17)19-15(3)23/h6-9,14H,4-5,10-13H2,1-3H3,(H,19,23)(H,20,24). The quantitative estimate of drug-likeness (QED) is 0.866.